The number of hydrogen-bond donors (Lipinski definition) is 0. The molecular formula is C11H8ClNO3S2. The first kappa shape index (κ1) is 12.1. The number of fused-ring (bicyclic) bond motifs is 3. The molecule has 4 nitrogen and oxygen atoms in total. The Bertz CT molecular complexity index is 709. The van der Waals surface area contributed by atoms with E-state index in [2.05, 4.69) is 5.16 Å². The van der Waals surface area contributed by atoms with Gasteiger partial charge in [-0.15, -0.1) is 11.8 Å². The monoisotopic (exact) mass is 301 g/mol. The van der Waals surface area contributed by atoms with E-state index >= 15 is 0 Å². The molecule has 1 aliphatic rings. The van der Waals surface area contributed by atoms with Crippen molar-refractivity contribution in [1.82, 2.24) is 5.16 Å². The van der Waals surface area contributed by atoms with Crippen LogP contribution in [0, 0.1) is 0 Å². The topological polar surface area (TPSA) is 60.2 Å². The van der Waals surface area contributed by atoms with Crippen molar-refractivity contribution in [2.45, 2.75) is 16.4 Å². The van der Waals surface area contributed by atoms with Crippen LogP contribution in [-0.2, 0) is 20.6 Å². The van der Waals surface area contributed by atoms with Crippen molar-refractivity contribution in [2.24, 2.45) is 0 Å². The number of nitrogens with zero attached hydrogens (tertiary/aromatic N) is 1. The smallest absolute Gasteiger partial charge is 0.238 e. The maximum Gasteiger partial charge on any atom is 0.238 e. The summed E-state index contributed by atoms with van der Waals surface area (Å²) in [4.78, 5) is 1.11. The normalized spacial score (nSPS) is 14.1. The second kappa shape index (κ2) is 4.29. The van der Waals surface area contributed by atoms with E-state index in [4.69, 9.17) is 15.2 Å². The van der Waals surface area contributed by atoms with Crippen molar-refractivity contribution in [3.05, 3.63) is 35.5 Å². The van der Waals surface area contributed by atoms with Crippen molar-refractivity contribution in [2.75, 3.05) is 0 Å². The van der Waals surface area contributed by atoms with E-state index in [9.17, 15) is 8.42 Å². The Hall–Kier alpha value is -0.980. The molecule has 0 atom stereocenters. The maximum atomic E-state index is 11.1. The van der Waals surface area contributed by atoms with Crippen molar-refractivity contribution < 1.29 is 12.9 Å². The molecule has 0 radical (unpaired) electrons. The van der Waals surface area contributed by atoms with Gasteiger partial charge in [-0.25, -0.2) is 8.42 Å². The van der Waals surface area contributed by atoms with Crippen LogP contribution in [0.1, 0.15) is 11.3 Å². The summed E-state index contributed by atoms with van der Waals surface area (Å²) in [5.41, 5.74) is 2.18. The third-order valence-corrected chi connectivity index (χ3v) is 4.73. The van der Waals surface area contributed by atoms with E-state index in [1.165, 1.54) is 0 Å². The van der Waals surface area contributed by atoms with Gasteiger partial charge in [0.2, 0.25) is 9.05 Å². The van der Waals surface area contributed by atoms with E-state index in [1.54, 1.807) is 11.8 Å². The minimum atomic E-state index is -3.62. The van der Waals surface area contributed by atoms with Crippen LogP contribution in [0.5, 0.6) is 0 Å². The van der Waals surface area contributed by atoms with Gasteiger partial charge in [-0.05, 0) is 12.1 Å². The molecule has 1 aromatic heterocycles. The van der Waals surface area contributed by atoms with Crippen molar-refractivity contribution in [3.63, 3.8) is 0 Å². The number of hydrogen-bond acceptors (Lipinski definition) is 5. The lowest BCUT2D eigenvalue weighted by Crippen LogP contribution is -2.01. The lowest BCUT2D eigenvalue weighted by Gasteiger charge is -2.13. The third-order valence-electron chi connectivity index (χ3n) is 2.68. The molecule has 2 heterocycles. The zero-order valence-corrected chi connectivity index (χ0v) is 11.5. The molecule has 0 bridgehead atoms. The second-order valence-corrected chi connectivity index (χ2v) is 7.70. The van der Waals surface area contributed by atoms with E-state index in [0.29, 0.717) is 17.2 Å². The molecule has 0 spiro atoms. The number of rotatable bonds is 2. The van der Waals surface area contributed by atoms with Crippen LogP contribution < -0.4 is 0 Å². The van der Waals surface area contributed by atoms with Crippen LogP contribution in [0.4, 0.5) is 0 Å². The maximum absolute atomic E-state index is 11.1. The van der Waals surface area contributed by atoms with Gasteiger partial charge in [0.1, 0.15) is 11.4 Å². The highest BCUT2D eigenvalue weighted by atomic mass is 35.7. The van der Waals surface area contributed by atoms with Gasteiger partial charge in [-0.3, -0.25) is 0 Å². The third kappa shape index (κ3) is 2.15. The largest absolute Gasteiger partial charge is 0.356 e. The average Bonchev–Trinajstić information content (AvgIpc) is 2.71. The van der Waals surface area contributed by atoms with Gasteiger partial charge < -0.3 is 4.52 Å². The molecule has 0 unspecified atom stereocenters. The van der Waals surface area contributed by atoms with Gasteiger partial charge in [-0.2, -0.15) is 0 Å². The minimum absolute atomic E-state index is 0.296. The summed E-state index contributed by atoms with van der Waals surface area (Å²) >= 11 is 1.64. The van der Waals surface area contributed by atoms with Crippen molar-refractivity contribution in [3.8, 4) is 11.3 Å². The molecule has 0 saturated carbocycles. The Balaban J connectivity index is 2.10. The van der Waals surface area contributed by atoms with Crippen LogP contribution >= 0.6 is 22.4 Å². The number of thioether (sulfide) groups is 1. The summed E-state index contributed by atoms with van der Waals surface area (Å²) in [6.45, 7) is 0. The summed E-state index contributed by atoms with van der Waals surface area (Å²) in [6.07, 6.45) is 0. The summed E-state index contributed by atoms with van der Waals surface area (Å²) in [5.74, 6) is 1.01. The van der Waals surface area contributed by atoms with Gasteiger partial charge >= 0.3 is 0 Å². The molecule has 3 rings (SSSR count). The van der Waals surface area contributed by atoms with E-state index in [1.807, 2.05) is 24.3 Å². The molecule has 0 amide bonds. The highest BCUT2D eigenvalue weighted by Crippen LogP contribution is 2.42. The lowest BCUT2D eigenvalue weighted by atomic mass is 10.1. The predicted octanol–water partition coefficient (Wildman–Crippen LogP) is 3.02. The molecule has 7 heteroatoms. The molecule has 0 saturated heterocycles. The number of halogens is 1. The highest BCUT2D eigenvalue weighted by Gasteiger charge is 2.26. The summed E-state index contributed by atoms with van der Waals surface area (Å²) in [6, 6.07) is 7.81. The second-order valence-electron chi connectivity index (χ2n) is 3.90. The van der Waals surface area contributed by atoms with Gasteiger partial charge in [0, 0.05) is 32.5 Å². The first-order chi connectivity index (χ1) is 8.54. The minimum Gasteiger partial charge on any atom is -0.356 e. The molecule has 18 heavy (non-hydrogen) atoms. The SMILES string of the molecule is O=S(=O)(Cl)Cc1noc2c1CSc1ccccc1-2. The Labute approximate surface area is 113 Å². The van der Waals surface area contributed by atoms with Gasteiger partial charge in [0.25, 0.3) is 0 Å². The molecule has 0 N–H and O–H groups in total. The Morgan fingerprint density at radius 1 is 1.39 bits per heavy atom. The van der Waals surface area contributed by atoms with E-state index < -0.39 is 9.05 Å². The van der Waals surface area contributed by atoms with Crippen LogP contribution in [0.2, 0.25) is 0 Å². The van der Waals surface area contributed by atoms with Gasteiger partial charge in [-0.1, -0.05) is 17.3 Å². The van der Waals surface area contributed by atoms with E-state index in [0.717, 1.165) is 16.0 Å². The molecule has 0 aliphatic carbocycles. The Kier molecular flexibility index (Phi) is 2.88. The summed E-state index contributed by atoms with van der Waals surface area (Å²) in [5, 5.41) is 3.83. The zero-order chi connectivity index (χ0) is 12.8. The first-order valence-corrected chi connectivity index (χ1v) is 8.63. The zero-order valence-electron chi connectivity index (χ0n) is 9.09. The molecule has 2 aromatic rings. The summed E-state index contributed by atoms with van der Waals surface area (Å²) in [7, 11) is 1.63. The fourth-order valence-electron chi connectivity index (χ4n) is 1.91. The average molecular weight is 302 g/mol. The van der Waals surface area contributed by atoms with Crippen LogP contribution in [-0.4, -0.2) is 13.6 Å². The fraction of sp³-hybridized carbons (Fsp3) is 0.182. The van der Waals surface area contributed by atoms with Gasteiger partial charge in [0.05, 0.1) is 0 Å². The highest BCUT2D eigenvalue weighted by molar-refractivity contribution is 8.13. The van der Waals surface area contributed by atoms with Crippen LogP contribution in [0.15, 0.2) is 33.7 Å². The Morgan fingerprint density at radius 3 is 2.94 bits per heavy atom. The fourth-order valence-corrected chi connectivity index (χ4v) is 3.86. The standard InChI is InChI=1S/C11H8ClNO3S2/c12-18(14,15)6-9-8-5-17-10-4-2-1-3-7(10)11(8)16-13-9/h1-4H,5-6H2. The van der Waals surface area contributed by atoms with Crippen LogP contribution in [0.25, 0.3) is 11.3 Å². The molecule has 94 valence electrons. The predicted molar refractivity (Wildman–Crippen MR) is 70.0 cm³/mol. The number of aromatic nitrogens is 1. The summed E-state index contributed by atoms with van der Waals surface area (Å²) < 4.78 is 27.5. The van der Waals surface area contributed by atoms with Crippen molar-refractivity contribution in [1.29, 1.82) is 0 Å². The van der Waals surface area contributed by atoms with E-state index in [-0.39, 0.29) is 5.75 Å². The Morgan fingerprint density at radius 2 is 2.17 bits per heavy atom. The quantitative estimate of drug-likeness (QED) is 0.798. The lowest BCUT2D eigenvalue weighted by molar-refractivity contribution is 0.425. The first-order valence-electron chi connectivity index (χ1n) is 5.16. The molecule has 1 aromatic carbocycles. The molecule has 1 aliphatic heterocycles. The van der Waals surface area contributed by atoms with Gasteiger partial charge in [0.15, 0.2) is 5.76 Å². The molecule has 0 fully saturated rings. The van der Waals surface area contributed by atoms with Crippen molar-refractivity contribution >= 4 is 31.5 Å². The number of benzene rings is 1. The molecular weight excluding hydrogens is 294 g/mol. The van der Waals surface area contributed by atoms with Crippen LogP contribution in [0.3, 0.4) is 0 Å².